The number of piperidine rings is 1. The van der Waals surface area contributed by atoms with E-state index in [-0.39, 0.29) is 12.0 Å². The van der Waals surface area contributed by atoms with Crippen LogP contribution in [0.1, 0.15) is 18.4 Å². The Bertz CT molecular complexity index is 580. The van der Waals surface area contributed by atoms with Crippen LogP contribution in [0.5, 0.6) is 11.5 Å². The highest BCUT2D eigenvalue weighted by molar-refractivity contribution is 6.32. The maximum absolute atomic E-state index is 12.2. The summed E-state index contributed by atoms with van der Waals surface area (Å²) < 4.78 is 15.8. The second kappa shape index (κ2) is 8.22. The van der Waals surface area contributed by atoms with Gasteiger partial charge in [0.05, 0.1) is 25.3 Å². The van der Waals surface area contributed by atoms with Gasteiger partial charge < -0.3 is 19.1 Å². The number of ether oxygens (including phenoxy) is 3. The highest BCUT2D eigenvalue weighted by Gasteiger charge is 2.21. The molecule has 1 aromatic carbocycles. The molecule has 1 aliphatic heterocycles. The summed E-state index contributed by atoms with van der Waals surface area (Å²) in [5.41, 5.74) is 0.785. The van der Waals surface area contributed by atoms with Crippen LogP contribution in [-0.4, -0.2) is 51.3 Å². The lowest BCUT2D eigenvalue weighted by atomic mass is 10.1. The molecule has 0 radical (unpaired) electrons. The molecule has 1 heterocycles. The monoisotopic (exact) mass is 339 g/mol. The average molecular weight is 340 g/mol. The molecule has 1 aliphatic rings. The van der Waals surface area contributed by atoms with Crippen molar-refractivity contribution in [3.63, 3.8) is 0 Å². The van der Waals surface area contributed by atoms with Crippen molar-refractivity contribution in [2.24, 2.45) is 0 Å². The molecule has 0 saturated carbocycles. The zero-order valence-electron chi connectivity index (χ0n) is 13.7. The first-order valence-electron chi connectivity index (χ1n) is 7.50. The number of halogens is 1. The van der Waals surface area contributed by atoms with Gasteiger partial charge in [0, 0.05) is 26.3 Å². The minimum Gasteiger partial charge on any atom is -0.493 e. The number of hydrogen-bond acceptors (Lipinski definition) is 4. The van der Waals surface area contributed by atoms with Crippen LogP contribution in [0.25, 0.3) is 6.08 Å². The molecule has 0 atom stereocenters. The highest BCUT2D eigenvalue weighted by Crippen LogP contribution is 2.36. The summed E-state index contributed by atoms with van der Waals surface area (Å²) >= 11 is 6.16. The number of likely N-dealkylation sites (tertiary alicyclic amines) is 1. The number of benzene rings is 1. The number of nitrogens with zero attached hydrogens (tertiary/aromatic N) is 1. The van der Waals surface area contributed by atoms with E-state index in [0.717, 1.165) is 18.4 Å². The Hall–Kier alpha value is -1.72. The van der Waals surface area contributed by atoms with Gasteiger partial charge in [0.25, 0.3) is 0 Å². The summed E-state index contributed by atoms with van der Waals surface area (Å²) in [6.45, 7) is 1.43. The van der Waals surface area contributed by atoms with Gasteiger partial charge in [0.2, 0.25) is 5.91 Å². The van der Waals surface area contributed by atoms with Gasteiger partial charge in [0.15, 0.2) is 11.5 Å². The Balaban J connectivity index is 2.05. The van der Waals surface area contributed by atoms with E-state index in [1.54, 1.807) is 38.5 Å². The lowest BCUT2D eigenvalue weighted by Gasteiger charge is -2.30. The Kier molecular flexibility index (Phi) is 6.30. The summed E-state index contributed by atoms with van der Waals surface area (Å²) in [5, 5.41) is 0.444. The summed E-state index contributed by atoms with van der Waals surface area (Å²) in [5.74, 6) is 1.01. The van der Waals surface area contributed by atoms with Crippen molar-refractivity contribution in [3.8, 4) is 11.5 Å². The Morgan fingerprint density at radius 3 is 2.48 bits per heavy atom. The number of carbonyl (C=O) groups is 1. The van der Waals surface area contributed by atoms with E-state index in [4.69, 9.17) is 25.8 Å². The van der Waals surface area contributed by atoms with Gasteiger partial charge in [-0.05, 0) is 36.6 Å². The number of amides is 1. The van der Waals surface area contributed by atoms with E-state index in [2.05, 4.69) is 0 Å². The topological polar surface area (TPSA) is 48.0 Å². The first-order chi connectivity index (χ1) is 11.1. The van der Waals surface area contributed by atoms with Crippen LogP contribution in [0, 0.1) is 0 Å². The third-order valence-electron chi connectivity index (χ3n) is 3.96. The quantitative estimate of drug-likeness (QED) is 0.774. The van der Waals surface area contributed by atoms with Gasteiger partial charge in [0.1, 0.15) is 0 Å². The molecule has 126 valence electrons. The first kappa shape index (κ1) is 17.6. The first-order valence-corrected chi connectivity index (χ1v) is 7.88. The minimum atomic E-state index is -0.00883. The predicted octanol–water partition coefficient (Wildman–Crippen LogP) is 3.01. The summed E-state index contributed by atoms with van der Waals surface area (Å²) in [6, 6.07) is 3.52. The summed E-state index contributed by atoms with van der Waals surface area (Å²) in [7, 11) is 4.79. The number of methoxy groups -OCH3 is 3. The van der Waals surface area contributed by atoms with Crippen LogP contribution < -0.4 is 9.47 Å². The zero-order valence-corrected chi connectivity index (χ0v) is 14.4. The average Bonchev–Trinajstić information content (AvgIpc) is 2.59. The number of rotatable bonds is 5. The largest absolute Gasteiger partial charge is 0.493 e. The van der Waals surface area contributed by atoms with Gasteiger partial charge >= 0.3 is 0 Å². The van der Waals surface area contributed by atoms with E-state index in [1.165, 1.54) is 7.11 Å². The molecule has 5 nitrogen and oxygen atoms in total. The van der Waals surface area contributed by atoms with Crippen molar-refractivity contribution in [2.45, 2.75) is 18.9 Å². The molecule has 1 amide bonds. The van der Waals surface area contributed by atoms with Crippen LogP contribution in [-0.2, 0) is 9.53 Å². The van der Waals surface area contributed by atoms with E-state index in [0.29, 0.717) is 29.6 Å². The molecule has 0 spiro atoms. The standard InChI is InChI=1S/C17H22ClNO4/c1-21-13-6-8-19(9-7-13)16(20)5-4-12-10-14(18)17(23-3)15(11-12)22-2/h4-5,10-11,13H,6-9H2,1-3H3/b5-4+. The van der Waals surface area contributed by atoms with E-state index >= 15 is 0 Å². The molecule has 2 rings (SSSR count). The van der Waals surface area contributed by atoms with Gasteiger partial charge in [-0.2, -0.15) is 0 Å². The van der Waals surface area contributed by atoms with Crippen molar-refractivity contribution < 1.29 is 19.0 Å². The lowest BCUT2D eigenvalue weighted by Crippen LogP contribution is -2.39. The second-order valence-electron chi connectivity index (χ2n) is 5.33. The van der Waals surface area contributed by atoms with Crippen LogP contribution in [0.15, 0.2) is 18.2 Å². The smallest absolute Gasteiger partial charge is 0.246 e. The van der Waals surface area contributed by atoms with Crippen LogP contribution in [0.2, 0.25) is 5.02 Å². The van der Waals surface area contributed by atoms with Crippen LogP contribution in [0.3, 0.4) is 0 Å². The second-order valence-corrected chi connectivity index (χ2v) is 5.74. The molecule has 0 bridgehead atoms. The molecule has 1 aromatic rings. The maximum Gasteiger partial charge on any atom is 0.246 e. The van der Waals surface area contributed by atoms with Gasteiger partial charge in [-0.25, -0.2) is 0 Å². The molecule has 1 fully saturated rings. The molecule has 1 saturated heterocycles. The fourth-order valence-electron chi connectivity index (χ4n) is 2.62. The molecular weight excluding hydrogens is 318 g/mol. The normalized spacial score (nSPS) is 15.9. The number of hydrogen-bond donors (Lipinski definition) is 0. The third-order valence-corrected chi connectivity index (χ3v) is 4.24. The molecule has 23 heavy (non-hydrogen) atoms. The van der Waals surface area contributed by atoms with Crippen LogP contribution in [0.4, 0.5) is 0 Å². The molecular formula is C17H22ClNO4. The fraction of sp³-hybridized carbons (Fsp3) is 0.471. The molecule has 0 aromatic heterocycles. The predicted molar refractivity (Wildman–Crippen MR) is 90.2 cm³/mol. The maximum atomic E-state index is 12.2. The Morgan fingerprint density at radius 1 is 1.22 bits per heavy atom. The van der Waals surface area contributed by atoms with Gasteiger partial charge in [-0.3, -0.25) is 4.79 Å². The van der Waals surface area contributed by atoms with Crippen molar-refractivity contribution >= 4 is 23.6 Å². The minimum absolute atomic E-state index is 0.00883. The van der Waals surface area contributed by atoms with E-state index < -0.39 is 0 Å². The fourth-order valence-corrected chi connectivity index (χ4v) is 2.92. The van der Waals surface area contributed by atoms with E-state index in [1.807, 2.05) is 4.90 Å². The SMILES string of the molecule is COc1cc(/C=C/C(=O)N2CCC(OC)CC2)cc(Cl)c1OC. The summed E-state index contributed by atoms with van der Waals surface area (Å²) in [6.07, 6.45) is 5.30. The van der Waals surface area contributed by atoms with Crippen LogP contribution >= 0.6 is 11.6 Å². The molecule has 6 heteroatoms. The van der Waals surface area contributed by atoms with Crippen molar-refractivity contribution in [2.75, 3.05) is 34.4 Å². The third kappa shape index (κ3) is 4.39. The van der Waals surface area contributed by atoms with Crippen molar-refractivity contribution in [3.05, 3.63) is 28.8 Å². The number of carbonyl (C=O) groups excluding carboxylic acids is 1. The summed E-state index contributed by atoms with van der Waals surface area (Å²) in [4.78, 5) is 14.1. The zero-order chi connectivity index (χ0) is 16.8. The Morgan fingerprint density at radius 2 is 1.91 bits per heavy atom. The molecule has 0 unspecified atom stereocenters. The Labute approximate surface area is 141 Å². The highest BCUT2D eigenvalue weighted by atomic mass is 35.5. The van der Waals surface area contributed by atoms with E-state index in [9.17, 15) is 4.79 Å². The molecule has 0 N–H and O–H groups in total. The van der Waals surface area contributed by atoms with Gasteiger partial charge in [-0.1, -0.05) is 11.6 Å². The van der Waals surface area contributed by atoms with Crippen molar-refractivity contribution in [1.29, 1.82) is 0 Å². The lowest BCUT2D eigenvalue weighted by molar-refractivity contribution is -0.128. The molecule has 0 aliphatic carbocycles. The van der Waals surface area contributed by atoms with Gasteiger partial charge in [-0.15, -0.1) is 0 Å². The van der Waals surface area contributed by atoms with Crippen molar-refractivity contribution in [1.82, 2.24) is 4.90 Å².